The van der Waals surface area contributed by atoms with E-state index < -0.39 is 18.0 Å². The summed E-state index contributed by atoms with van der Waals surface area (Å²) in [5.74, 6) is -0.709. The van der Waals surface area contributed by atoms with Crippen LogP contribution >= 0.6 is 11.6 Å². The first-order valence-electron chi connectivity index (χ1n) is 6.32. The number of carbonyl (C=O) groups excluding carboxylic acids is 2. The van der Waals surface area contributed by atoms with E-state index in [-0.39, 0.29) is 22.6 Å². The second-order valence-electron chi connectivity index (χ2n) is 4.61. The number of phenols is 1. The van der Waals surface area contributed by atoms with Crippen LogP contribution in [0.25, 0.3) is 0 Å². The molecule has 0 aromatic heterocycles. The summed E-state index contributed by atoms with van der Waals surface area (Å²) in [4.78, 5) is 23.7. The first-order chi connectivity index (χ1) is 10.4. The third-order valence-corrected chi connectivity index (χ3v) is 3.49. The van der Waals surface area contributed by atoms with Crippen LogP contribution in [0.1, 0.15) is 18.5 Å². The third-order valence-electron chi connectivity index (χ3n) is 3.27. The van der Waals surface area contributed by atoms with Gasteiger partial charge in [-0.2, -0.15) is 0 Å². The number of ether oxygens (including phenoxy) is 2. The topological polar surface area (TPSA) is 96.9 Å². The Morgan fingerprint density at radius 1 is 1.36 bits per heavy atom. The van der Waals surface area contributed by atoms with Crippen LogP contribution in [0.4, 0.5) is 4.79 Å². The lowest BCUT2D eigenvalue weighted by Gasteiger charge is -2.28. The number of allylic oxidation sites excluding steroid dienone is 1. The number of nitrogens with one attached hydrogen (secondary N) is 2. The third kappa shape index (κ3) is 2.80. The molecule has 1 aromatic carbocycles. The predicted octanol–water partition coefficient (Wildman–Crippen LogP) is 1.86. The van der Waals surface area contributed by atoms with Crippen molar-refractivity contribution < 1.29 is 24.2 Å². The second kappa shape index (κ2) is 6.15. The molecule has 0 saturated carbocycles. The standard InChI is InChI=1S/C14H15ClN2O5/c1-6-10(13(19)22-3)11(17-14(20)16-6)8-4-7(15)5-9(21-2)12(8)18/h4-5,11,18H,1-3H3,(H2,16,17,20)/t11-/m0/s1. The molecule has 0 unspecified atom stereocenters. The number of rotatable bonds is 3. The molecule has 1 aliphatic rings. The molecule has 2 rings (SSSR count). The van der Waals surface area contributed by atoms with E-state index in [9.17, 15) is 14.7 Å². The van der Waals surface area contributed by atoms with Crippen LogP contribution in [0.5, 0.6) is 11.5 Å². The average Bonchev–Trinajstić information content (AvgIpc) is 2.47. The van der Waals surface area contributed by atoms with E-state index in [1.165, 1.54) is 26.4 Å². The maximum absolute atomic E-state index is 12.0. The van der Waals surface area contributed by atoms with Gasteiger partial charge in [-0.15, -0.1) is 0 Å². The Labute approximate surface area is 131 Å². The monoisotopic (exact) mass is 326 g/mol. The van der Waals surface area contributed by atoms with Gasteiger partial charge in [0.25, 0.3) is 0 Å². The molecular weight excluding hydrogens is 312 g/mol. The molecule has 0 aliphatic carbocycles. The molecule has 3 N–H and O–H groups in total. The lowest BCUT2D eigenvalue weighted by molar-refractivity contribution is -0.136. The highest BCUT2D eigenvalue weighted by Crippen LogP contribution is 2.40. The van der Waals surface area contributed by atoms with E-state index >= 15 is 0 Å². The fourth-order valence-electron chi connectivity index (χ4n) is 2.28. The van der Waals surface area contributed by atoms with E-state index in [1.54, 1.807) is 6.92 Å². The SMILES string of the molecule is COC(=O)C1=C(C)NC(=O)N[C@H]1c1cc(Cl)cc(OC)c1O. The summed E-state index contributed by atoms with van der Waals surface area (Å²) in [5, 5.41) is 15.6. The molecule has 8 heteroatoms. The molecule has 118 valence electrons. The number of carbonyl (C=O) groups is 2. The summed E-state index contributed by atoms with van der Waals surface area (Å²) < 4.78 is 9.78. The fourth-order valence-corrected chi connectivity index (χ4v) is 2.49. The number of esters is 1. The van der Waals surface area contributed by atoms with E-state index in [4.69, 9.17) is 21.1 Å². The maximum atomic E-state index is 12.0. The lowest BCUT2D eigenvalue weighted by Crippen LogP contribution is -2.45. The fraction of sp³-hybridized carbons (Fsp3) is 0.286. The molecule has 0 fully saturated rings. The summed E-state index contributed by atoms with van der Waals surface area (Å²) in [5.41, 5.74) is 0.736. The Bertz CT molecular complexity index is 671. The first kappa shape index (κ1) is 16.0. The summed E-state index contributed by atoms with van der Waals surface area (Å²) in [6.07, 6.45) is 0. The molecule has 1 aliphatic heterocycles. The first-order valence-corrected chi connectivity index (χ1v) is 6.69. The predicted molar refractivity (Wildman–Crippen MR) is 78.8 cm³/mol. The molecule has 0 bridgehead atoms. The normalized spacial score (nSPS) is 17.6. The number of hydrogen-bond acceptors (Lipinski definition) is 5. The van der Waals surface area contributed by atoms with Gasteiger partial charge in [0.1, 0.15) is 0 Å². The van der Waals surface area contributed by atoms with Gasteiger partial charge in [0.05, 0.1) is 25.8 Å². The number of methoxy groups -OCH3 is 2. The van der Waals surface area contributed by atoms with Crippen molar-refractivity contribution in [3.63, 3.8) is 0 Å². The highest BCUT2D eigenvalue weighted by atomic mass is 35.5. The van der Waals surface area contributed by atoms with Crippen LogP contribution in [0.2, 0.25) is 5.02 Å². The summed E-state index contributed by atoms with van der Waals surface area (Å²) >= 11 is 6.00. The van der Waals surface area contributed by atoms with Gasteiger partial charge in [0.2, 0.25) is 0 Å². The van der Waals surface area contributed by atoms with Crippen LogP contribution in [-0.2, 0) is 9.53 Å². The Kier molecular flexibility index (Phi) is 4.46. The minimum absolute atomic E-state index is 0.136. The van der Waals surface area contributed by atoms with Crippen LogP contribution in [0.3, 0.4) is 0 Å². The lowest BCUT2D eigenvalue weighted by atomic mass is 9.94. The largest absolute Gasteiger partial charge is 0.504 e. The molecule has 2 amide bonds. The van der Waals surface area contributed by atoms with E-state index in [0.29, 0.717) is 10.7 Å². The van der Waals surface area contributed by atoms with Crippen molar-refractivity contribution in [2.24, 2.45) is 0 Å². The van der Waals surface area contributed by atoms with Crippen molar-refractivity contribution in [2.45, 2.75) is 13.0 Å². The minimum Gasteiger partial charge on any atom is -0.504 e. The molecule has 0 radical (unpaired) electrons. The van der Waals surface area contributed by atoms with Crippen LogP contribution in [-0.4, -0.2) is 31.3 Å². The van der Waals surface area contributed by atoms with Crippen molar-refractivity contribution in [3.05, 3.63) is 34.0 Å². The number of amides is 2. The van der Waals surface area contributed by atoms with Gasteiger partial charge in [0, 0.05) is 22.3 Å². The number of halogens is 1. The second-order valence-corrected chi connectivity index (χ2v) is 5.04. The zero-order valence-electron chi connectivity index (χ0n) is 12.2. The maximum Gasteiger partial charge on any atom is 0.337 e. The zero-order valence-corrected chi connectivity index (χ0v) is 12.9. The van der Waals surface area contributed by atoms with E-state index in [1.807, 2.05) is 0 Å². The Hall–Kier alpha value is -2.41. The summed E-state index contributed by atoms with van der Waals surface area (Å²) in [7, 11) is 2.60. The smallest absolute Gasteiger partial charge is 0.337 e. The number of phenolic OH excluding ortho intramolecular Hbond substituents is 1. The van der Waals surface area contributed by atoms with Gasteiger partial charge in [-0.3, -0.25) is 0 Å². The average molecular weight is 327 g/mol. The van der Waals surface area contributed by atoms with Crippen LogP contribution < -0.4 is 15.4 Å². The Balaban J connectivity index is 2.63. The van der Waals surface area contributed by atoms with Gasteiger partial charge in [0.15, 0.2) is 11.5 Å². The van der Waals surface area contributed by atoms with Crippen LogP contribution in [0.15, 0.2) is 23.4 Å². The van der Waals surface area contributed by atoms with Gasteiger partial charge in [-0.05, 0) is 13.0 Å². The van der Waals surface area contributed by atoms with Crippen molar-refractivity contribution >= 4 is 23.6 Å². The molecular formula is C14H15ClN2O5. The molecule has 1 heterocycles. The van der Waals surface area contributed by atoms with Gasteiger partial charge < -0.3 is 25.2 Å². The molecule has 1 atom stereocenters. The highest BCUT2D eigenvalue weighted by Gasteiger charge is 2.34. The number of hydrogen-bond donors (Lipinski definition) is 3. The van der Waals surface area contributed by atoms with Gasteiger partial charge >= 0.3 is 12.0 Å². The quantitative estimate of drug-likeness (QED) is 0.737. The van der Waals surface area contributed by atoms with Crippen LogP contribution in [0, 0.1) is 0 Å². The Morgan fingerprint density at radius 3 is 2.64 bits per heavy atom. The van der Waals surface area contributed by atoms with E-state index in [0.717, 1.165) is 0 Å². The molecule has 7 nitrogen and oxygen atoms in total. The minimum atomic E-state index is -0.909. The van der Waals surface area contributed by atoms with Crippen molar-refractivity contribution in [1.29, 1.82) is 0 Å². The molecule has 0 saturated heterocycles. The summed E-state index contributed by atoms with van der Waals surface area (Å²) in [6.45, 7) is 1.57. The molecule has 0 spiro atoms. The molecule has 1 aromatic rings. The summed E-state index contributed by atoms with van der Waals surface area (Å²) in [6, 6.07) is 1.46. The highest BCUT2D eigenvalue weighted by molar-refractivity contribution is 6.30. The number of aromatic hydroxyl groups is 1. The number of benzene rings is 1. The Morgan fingerprint density at radius 2 is 2.05 bits per heavy atom. The zero-order chi connectivity index (χ0) is 16.4. The van der Waals surface area contributed by atoms with Crippen molar-refractivity contribution in [3.8, 4) is 11.5 Å². The van der Waals surface area contributed by atoms with Crippen molar-refractivity contribution in [2.75, 3.05) is 14.2 Å². The van der Waals surface area contributed by atoms with Crippen molar-refractivity contribution in [1.82, 2.24) is 10.6 Å². The number of urea groups is 1. The van der Waals surface area contributed by atoms with E-state index in [2.05, 4.69) is 10.6 Å². The molecule has 22 heavy (non-hydrogen) atoms. The van der Waals surface area contributed by atoms with Gasteiger partial charge in [-0.1, -0.05) is 11.6 Å². The van der Waals surface area contributed by atoms with Gasteiger partial charge in [-0.25, -0.2) is 9.59 Å².